The van der Waals surface area contributed by atoms with E-state index in [4.69, 9.17) is 11.5 Å². The van der Waals surface area contributed by atoms with E-state index in [-0.39, 0.29) is 17.2 Å². The highest BCUT2D eigenvalue weighted by molar-refractivity contribution is 8.04. The number of nitrogens with one attached hydrogen (secondary N) is 1. The number of thiophene rings is 1. The highest BCUT2D eigenvalue weighted by Gasteiger charge is 2.20. The summed E-state index contributed by atoms with van der Waals surface area (Å²) in [5.74, 6) is -1.17. The Morgan fingerprint density at radius 2 is 2.00 bits per heavy atom. The average Bonchev–Trinajstić information content (AvgIpc) is 3.14. The molecule has 0 aliphatic carbocycles. The molecule has 0 spiro atoms. The molecule has 0 aromatic carbocycles. The largest absolute Gasteiger partial charge is 0.369 e. The van der Waals surface area contributed by atoms with E-state index >= 15 is 0 Å². The van der Waals surface area contributed by atoms with Gasteiger partial charge in [0.25, 0.3) is 5.91 Å². The lowest BCUT2D eigenvalue weighted by molar-refractivity contribution is -0.116. The molecule has 0 unspecified atom stereocenters. The summed E-state index contributed by atoms with van der Waals surface area (Å²) in [6.07, 6.45) is 0. The van der Waals surface area contributed by atoms with Crippen LogP contribution >= 0.6 is 46.2 Å². The molecule has 5 N–H and O–H groups in total. The van der Waals surface area contributed by atoms with Crippen molar-refractivity contribution in [3.8, 4) is 0 Å². The van der Waals surface area contributed by atoms with Crippen LogP contribution in [0, 0.1) is 0 Å². The van der Waals surface area contributed by atoms with Crippen LogP contribution in [-0.4, -0.2) is 38.9 Å². The Morgan fingerprint density at radius 1 is 1.29 bits per heavy atom. The fourth-order valence-electron chi connectivity index (χ4n) is 1.45. The number of thioether (sulfide) groups is 2. The zero-order chi connectivity index (χ0) is 17.7. The molecule has 3 amide bonds. The van der Waals surface area contributed by atoms with Gasteiger partial charge in [-0.3, -0.25) is 14.4 Å². The van der Waals surface area contributed by atoms with Gasteiger partial charge >= 0.3 is 0 Å². The first-order chi connectivity index (χ1) is 11.4. The summed E-state index contributed by atoms with van der Waals surface area (Å²) in [5.41, 5.74) is 10.6. The predicted octanol–water partition coefficient (Wildman–Crippen LogP) is 1.40. The molecule has 0 fully saturated rings. The van der Waals surface area contributed by atoms with Crippen molar-refractivity contribution in [2.75, 3.05) is 11.1 Å². The first-order valence-corrected chi connectivity index (χ1v) is 10.0. The SMILES string of the molecule is C[C@@H](Sc1nnc(SCC(N)=O)s1)C(=O)Nc1sccc1C(N)=O. The van der Waals surface area contributed by atoms with E-state index in [2.05, 4.69) is 15.5 Å². The van der Waals surface area contributed by atoms with Crippen LogP contribution in [0.1, 0.15) is 17.3 Å². The number of hydrogen-bond acceptors (Lipinski definition) is 9. The van der Waals surface area contributed by atoms with Crippen LogP contribution in [-0.2, 0) is 9.59 Å². The quantitative estimate of drug-likeness (QED) is 0.566. The summed E-state index contributed by atoms with van der Waals surface area (Å²) in [4.78, 5) is 34.2. The van der Waals surface area contributed by atoms with Crippen LogP contribution in [0.4, 0.5) is 5.00 Å². The van der Waals surface area contributed by atoms with Crippen molar-refractivity contribution in [2.45, 2.75) is 20.9 Å². The molecule has 24 heavy (non-hydrogen) atoms. The topological polar surface area (TPSA) is 141 Å². The molecule has 8 nitrogen and oxygen atoms in total. The Bertz CT molecular complexity index is 759. The lowest BCUT2D eigenvalue weighted by Gasteiger charge is -2.09. The minimum Gasteiger partial charge on any atom is -0.369 e. The molecule has 128 valence electrons. The maximum Gasteiger partial charge on any atom is 0.251 e. The van der Waals surface area contributed by atoms with Crippen molar-refractivity contribution in [3.63, 3.8) is 0 Å². The third kappa shape index (κ3) is 5.19. The molecule has 0 saturated carbocycles. The third-order valence-electron chi connectivity index (χ3n) is 2.54. The summed E-state index contributed by atoms with van der Waals surface area (Å²) in [6, 6.07) is 1.56. The first-order valence-electron chi connectivity index (χ1n) is 6.46. The molecule has 12 heteroatoms. The smallest absolute Gasteiger partial charge is 0.251 e. The van der Waals surface area contributed by atoms with Crippen molar-refractivity contribution in [2.24, 2.45) is 11.5 Å². The first kappa shape index (κ1) is 18.7. The fourth-order valence-corrected chi connectivity index (χ4v) is 5.15. The van der Waals surface area contributed by atoms with Crippen molar-refractivity contribution in [1.29, 1.82) is 0 Å². The Kier molecular flexibility index (Phi) is 6.60. The van der Waals surface area contributed by atoms with Gasteiger partial charge in [0.1, 0.15) is 5.00 Å². The predicted molar refractivity (Wildman–Crippen MR) is 96.6 cm³/mol. The zero-order valence-electron chi connectivity index (χ0n) is 12.3. The van der Waals surface area contributed by atoms with Crippen molar-refractivity contribution in [3.05, 3.63) is 17.0 Å². The van der Waals surface area contributed by atoms with Gasteiger partial charge in [-0.25, -0.2) is 0 Å². The molecule has 0 aliphatic heterocycles. The minimum atomic E-state index is -0.591. The number of carbonyl (C=O) groups is 3. The lowest BCUT2D eigenvalue weighted by Crippen LogP contribution is -2.23. The molecular weight excluding hydrogens is 390 g/mol. The van der Waals surface area contributed by atoms with E-state index < -0.39 is 17.1 Å². The number of carbonyl (C=O) groups excluding carboxylic acids is 3. The highest BCUT2D eigenvalue weighted by atomic mass is 32.2. The average molecular weight is 404 g/mol. The number of aromatic nitrogens is 2. The second kappa shape index (κ2) is 8.46. The van der Waals surface area contributed by atoms with E-state index in [1.165, 1.54) is 46.2 Å². The number of rotatable bonds is 8. The van der Waals surface area contributed by atoms with Crippen molar-refractivity contribution in [1.82, 2.24) is 10.2 Å². The van der Waals surface area contributed by atoms with E-state index in [9.17, 15) is 14.4 Å². The second-order valence-electron chi connectivity index (χ2n) is 4.37. The molecule has 2 aromatic heterocycles. The maximum atomic E-state index is 12.2. The molecule has 2 heterocycles. The van der Waals surface area contributed by atoms with Crippen molar-refractivity contribution < 1.29 is 14.4 Å². The number of nitrogens with two attached hydrogens (primary N) is 2. The number of amides is 3. The molecule has 0 saturated heterocycles. The monoisotopic (exact) mass is 403 g/mol. The van der Waals surface area contributed by atoms with Gasteiger partial charge in [0.05, 0.1) is 16.6 Å². The van der Waals surface area contributed by atoms with Gasteiger partial charge in [0, 0.05) is 0 Å². The Labute approximate surface area is 153 Å². The molecule has 2 aromatic rings. The molecular formula is C12H13N5O3S4. The number of hydrogen-bond donors (Lipinski definition) is 3. The molecule has 0 bridgehead atoms. The van der Waals surface area contributed by atoms with Crippen LogP contribution in [0.3, 0.4) is 0 Å². The molecule has 0 radical (unpaired) electrons. The number of nitrogens with zero attached hydrogens (tertiary/aromatic N) is 2. The van der Waals surface area contributed by atoms with Crippen LogP contribution in [0.2, 0.25) is 0 Å². The molecule has 0 aliphatic rings. The Morgan fingerprint density at radius 3 is 2.67 bits per heavy atom. The summed E-state index contributed by atoms with van der Waals surface area (Å²) in [6.45, 7) is 1.72. The summed E-state index contributed by atoms with van der Waals surface area (Å²) < 4.78 is 1.21. The number of anilines is 1. The van der Waals surface area contributed by atoms with Crippen molar-refractivity contribution >= 4 is 68.9 Å². The lowest BCUT2D eigenvalue weighted by atomic mass is 10.3. The standard InChI is InChI=1S/C12H13N5O3S4/c1-5(9(20)15-10-6(8(14)19)2-3-21-10)23-12-17-16-11(24-12)22-4-7(13)18/h2-3,5H,4H2,1H3,(H2,13,18)(H2,14,19)(H,15,20)/t5-/m1/s1. The Balaban J connectivity index is 1.93. The van der Waals surface area contributed by atoms with E-state index in [1.807, 2.05) is 0 Å². The van der Waals surface area contributed by atoms with Gasteiger partial charge in [-0.1, -0.05) is 34.9 Å². The Hall–Kier alpha value is -1.63. The highest BCUT2D eigenvalue weighted by Crippen LogP contribution is 2.32. The normalized spacial score (nSPS) is 11.9. The van der Waals surface area contributed by atoms with Crippen LogP contribution in [0.15, 0.2) is 20.1 Å². The van der Waals surface area contributed by atoms with Crippen LogP contribution in [0.5, 0.6) is 0 Å². The van der Waals surface area contributed by atoms with Gasteiger partial charge in [0.2, 0.25) is 11.8 Å². The van der Waals surface area contributed by atoms with Crippen LogP contribution in [0.25, 0.3) is 0 Å². The van der Waals surface area contributed by atoms with E-state index in [0.717, 1.165) is 0 Å². The summed E-state index contributed by atoms with van der Waals surface area (Å²) in [7, 11) is 0. The van der Waals surface area contributed by atoms with E-state index in [1.54, 1.807) is 18.4 Å². The van der Waals surface area contributed by atoms with E-state index in [0.29, 0.717) is 13.7 Å². The zero-order valence-corrected chi connectivity index (χ0v) is 15.6. The van der Waals surface area contributed by atoms with Gasteiger partial charge in [-0.15, -0.1) is 21.5 Å². The number of primary amides is 2. The molecule has 2 rings (SSSR count). The minimum absolute atomic E-state index is 0.129. The fraction of sp³-hybridized carbons (Fsp3) is 0.250. The summed E-state index contributed by atoms with van der Waals surface area (Å²) in [5, 5.41) is 12.2. The van der Waals surface area contributed by atoms with Gasteiger partial charge in [-0.05, 0) is 18.4 Å². The van der Waals surface area contributed by atoms with Gasteiger partial charge in [0.15, 0.2) is 8.68 Å². The maximum absolute atomic E-state index is 12.2. The van der Waals surface area contributed by atoms with Crippen LogP contribution < -0.4 is 16.8 Å². The van der Waals surface area contributed by atoms with Gasteiger partial charge in [-0.2, -0.15) is 0 Å². The summed E-state index contributed by atoms with van der Waals surface area (Å²) >= 11 is 4.95. The third-order valence-corrected chi connectivity index (χ3v) is 6.63. The molecule has 1 atom stereocenters. The van der Waals surface area contributed by atoms with Gasteiger partial charge < -0.3 is 16.8 Å². The second-order valence-corrected chi connectivity index (χ2v) is 9.07.